The van der Waals surface area contributed by atoms with Crippen LogP contribution in [0.15, 0.2) is 46.1 Å². The van der Waals surface area contributed by atoms with Gasteiger partial charge in [0.2, 0.25) is 11.2 Å². The molecule has 2 aromatic carbocycles. The van der Waals surface area contributed by atoms with Gasteiger partial charge in [-0.1, -0.05) is 18.2 Å². The number of benzene rings is 1. The maximum atomic E-state index is 11.9. The first-order valence-electron chi connectivity index (χ1n) is 8.77. The number of aromatic hydroxyl groups is 2. The minimum Gasteiger partial charge on any atom is -0.504 e. The Morgan fingerprint density at radius 1 is 1.15 bits per heavy atom. The first-order chi connectivity index (χ1) is 12.3. The minimum absolute atomic E-state index is 0.0176. The molecule has 138 valence electrons. The Labute approximate surface area is 157 Å². The summed E-state index contributed by atoms with van der Waals surface area (Å²) < 4.78 is 0. The third-order valence-corrected chi connectivity index (χ3v) is 6.61. The lowest BCUT2D eigenvalue weighted by Crippen LogP contribution is -2.40. The van der Waals surface area contributed by atoms with Gasteiger partial charge in [0.1, 0.15) is 0 Å². The van der Waals surface area contributed by atoms with E-state index in [1.165, 1.54) is 6.07 Å². The van der Waals surface area contributed by atoms with E-state index in [9.17, 15) is 20.1 Å². The fraction of sp³-hybridized carbons (Fsp3) is 0.381. The van der Waals surface area contributed by atoms with Crippen LogP contribution in [0.25, 0.3) is 0 Å². The second kappa shape index (κ2) is 7.33. The molecule has 5 heteroatoms. The predicted molar refractivity (Wildman–Crippen MR) is 104 cm³/mol. The number of fused-ring (bicyclic) bond motifs is 1. The number of aryl methyl sites for hydroxylation is 1. The SMILES string of the molecule is Cc1cc(=O)c(O)c(O)c2c1CC(C(C)(O)CSc1ccccc1)CC2. The summed E-state index contributed by atoms with van der Waals surface area (Å²) in [6, 6.07) is 11.3. The van der Waals surface area contributed by atoms with E-state index in [2.05, 4.69) is 0 Å². The van der Waals surface area contributed by atoms with Gasteiger partial charge in [-0.3, -0.25) is 4.79 Å². The van der Waals surface area contributed by atoms with Crippen molar-refractivity contribution >= 4 is 11.8 Å². The van der Waals surface area contributed by atoms with Crippen molar-refractivity contribution in [2.45, 2.75) is 43.6 Å². The zero-order valence-electron chi connectivity index (χ0n) is 15.0. The van der Waals surface area contributed by atoms with Crippen molar-refractivity contribution in [3.8, 4) is 11.5 Å². The zero-order valence-corrected chi connectivity index (χ0v) is 15.8. The van der Waals surface area contributed by atoms with Gasteiger partial charge in [-0.25, -0.2) is 0 Å². The first kappa shape index (κ1) is 18.8. The van der Waals surface area contributed by atoms with Crippen LogP contribution in [0.4, 0.5) is 0 Å². The molecule has 0 aromatic heterocycles. The molecule has 0 saturated heterocycles. The van der Waals surface area contributed by atoms with E-state index in [0.29, 0.717) is 30.6 Å². The Morgan fingerprint density at radius 2 is 1.85 bits per heavy atom. The Balaban J connectivity index is 1.84. The Morgan fingerprint density at radius 3 is 2.54 bits per heavy atom. The van der Waals surface area contributed by atoms with E-state index in [1.54, 1.807) is 11.8 Å². The Kier molecular flexibility index (Phi) is 5.30. The van der Waals surface area contributed by atoms with Crippen LogP contribution in [0.2, 0.25) is 0 Å². The second-order valence-corrected chi connectivity index (χ2v) is 8.29. The molecule has 0 heterocycles. The number of rotatable bonds is 4. The summed E-state index contributed by atoms with van der Waals surface area (Å²) in [4.78, 5) is 13.0. The van der Waals surface area contributed by atoms with E-state index in [0.717, 1.165) is 16.0 Å². The topological polar surface area (TPSA) is 77.8 Å². The van der Waals surface area contributed by atoms with Gasteiger partial charge in [0.25, 0.3) is 0 Å². The summed E-state index contributed by atoms with van der Waals surface area (Å²) in [5, 5.41) is 31.2. The van der Waals surface area contributed by atoms with Crippen LogP contribution in [-0.2, 0) is 12.8 Å². The van der Waals surface area contributed by atoms with Crippen LogP contribution >= 0.6 is 11.8 Å². The molecule has 2 aromatic rings. The van der Waals surface area contributed by atoms with Crippen LogP contribution in [0, 0.1) is 12.8 Å². The minimum atomic E-state index is -0.878. The van der Waals surface area contributed by atoms with E-state index < -0.39 is 16.8 Å². The molecular weight excluding hydrogens is 348 g/mol. The first-order valence-corrected chi connectivity index (χ1v) is 9.76. The number of aliphatic hydroxyl groups is 1. The zero-order chi connectivity index (χ0) is 18.9. The Hall–Kier alpha value is -1.98. The predicted octanol–water partition coefficient (Wildman–Crippen LogP) is 3.41. The van der Waals surface area contributed by atoms with Gasteiger partial charge < -0.3 is 15.3 Å². The van der Waals surface area contributed by atoms with E-state index in [4.69, 9.17) is 0 Å². The maximum Gasteiger partial charge on any atom is 0.224 e. The van der Waals surface area contributed by atoms with Crippen molar-refractivity contribution in [3.05, 3.63) is 63.3 Å². The molecule has 1 aliphatic rings. The second-order valence-electron chi connectivity index (χ2n) is 7.24. The molecule has 0 amide bonds. The molecule has 0 bridgehead atoms. The van der Waals surface area contributed by atoms with E-state index in [1.807, 2.05) is 44.2 Å². The van der Waals surface area contributed by atoms with Crippen LogP contribution in [-0.4, -0.2) is 26.7 Å². The standard InChI is InChI=1S/C21H24O4S/c1-13-10-18(22)20(24)19(23)16-9-8-14(11-17(13)16)21(2,25)12-26-15-6-4-3-5-7-15/h3-7,10,14,25H,8-9,11-12H2,1-2H3,(H2,22,23,24). The van der Waals surface area contributed by atoms with Crippen LogP contribution in [0.3, 0.4) is 0 Å². The molecule has 2 unspecified atom stereocenters. The molecule has 4 nitrogen and oxygen atoms in total. The third-order valence-electron chi connectivity index (χ3n) is 5.28. The molecule has 1 aliphatic carbocycles. The van der Waals surface area contributed by atoms with Crippen molar-refractivity contribution in [1.82, 2.24) is 0 Å². The number of thioether (sulfide) groups is 1. The molecule has 3 N–H and O–H groups in total. The summed E-state index contributed by atoms with van der Waals surface area (Å²) in [5.74, 6) is -0.308. The van der Waals surface area contributed by atoms with Gasteiger partial charge in [0.15, 0.2) is 5.75 Å². The van der Waals surface area contributed by atoms with Gasteiger partial charge in [-0.05, 0) is 68.4 Å². The van der Waals surface area contributed by atoms with Gasteiger partial charge in [-0.2, -0.15) is 0 Å². The monoisotopic (exact) mass is 372 g/mol. The van der Waals surface area contributed by atoms with E-state index in [-0.39, 0.29) is 11.7 Å². The van der Waals surface area contributed by atoms with Crippen LogP contribution in [0.5, 0.6) is 11.5 Å². The molecule has 2 atom stereocenters. The van der Waals surface area contributed by atoms with Crippen molar-refractivity contribution in [2.24, 2.45) is 5.92 Å². The molecule has 0 radical (unpaired) electrons. The molecule has 26 heavy (non-hydrogen) atoms. The highest BCUT2D eigenvalue weighted by molar-refractivity contribution is 7.99. The summed E-state index contributed by atoms with van der Waals surface area (Å²) >= 11 is 1.62. The fourth-order valence-electron chi connectivity index (χ4n) is 3.61. The van der Waals surface area contributed by atoms with Crippen molar-refractivity contribution < 1.29 is 15.3 Å². The lowest BCUT2D eigenvalue weighted by Gasteiger charge is -2.36. The van der Waals surface area contributed by atoms with Gasteiger partial charge in [-0.15, -0.1) is 11.8 Å². The molecule has 0 saturated carbocycles. The molecule has 3 rings (SSSR count). The highest BCUT2D eigenvalue weighted by atomic mass is 32.2. The number of hydrogen-bond donors (Lipinski definition) is 3. The largest absolute Gasteiger partial charge is 0.504 e. The van der Waals surface area contributed by atoms with Crippen molar-refractivity contribution in [2.75, 3.05) is 5.75 Å². The quantitative estimate of drug-likeness (QED) is 0.717. The summed E-state index contributed by atoms with van der Waals surface area (Å²) in [6.45, 7) is 3.67. The normalized spacial score (nSPS) is 18.8. The van der Waals surface area contributed by atoms with Crippen LogP contribution < -0.4 is 5.43 Å². The average molecular weight is 372 g/mol. The summed E-state index contributed by atoms with van der Waals surface area (Å²) in [6.07, 6.45) is 1.80. The molecule has 0 fully saturated rings. The van der Waals surface area contributed by atoms with Crippen molar-refractivity contribution in [3.63, 3.8) is 0 Å². The molecule has 0 spiro atoms. The fourth-order valence-corrected chi connectivity index (χ4v) is 4.65. The van der Waals surface area contributed by atoms with Crippen molar-refractivity contribution in [1.29, 1.82) is 0 Å². The van der Waals surface area contributed by atoms with E-state index >= 15 is 0 Å². The highest BCUT2D eigenvalue weighted by Crippen LogP contribution is 2.40. The summed E-state index contributed by atoms with van der Waals surface area (Å²) in [5.41, 5.74) is 0.789. The summed E-state index contributed by atoms with van der Waals surface area (Å²) in [7, 11) is 0. The van der Waals surface area contributed by atoms with Gasteiger partial charge >= 0.3 is 0 Å². The van der Waals surface area contributed by atoms with Gasteiger partial charge in [0, 0.05) is 16.2 Å². The average Bonchev–Trinajstić information content (AvgIpc) is 2.72. The lowest BCUT2D eigenvalue weighted by molar-refractivity contribution is 0.0155. The smallest absolute Gasteiger partial charge is 0.224 e. The third kappa shape index (κ3) is 3.74. The molecule has 0 aliphatic heterocycles. The number of hydrogen-bond acceptors (Lipinski definition) is 5. The molecular formula is C21H24O4S. The Bertz CT molecular complexity index is 862. The lowest BCUT2D eigenvalue weighted by atomic mass is 9.75. The maximum absolute atomic E-state index is 11.9. The van der Waals surface area contributed by atoms with Gasteiger partial charge in [0.05, 0.1) is 5.60 Å². The van der Waals surface area contributed by atoms with Crippen LogP contribution in [0.1, 0.15) is 30.0 Å². The highest BCUT2D eigenvalue weighted by Gasteiger charge is 2.36.